The van der Waals surface area contributed by atoms with Crippen LogP contribution in [0.2, 0.25) is 0 Å². The predicted molar refractivity (Wildman–Crippen MR) is 156 cm³/mol. The first-order chi connectivity index (χ1) is 20.4. The second kappa shape index (κ2) is 10.7. The summed E-state index contributed by atoms with van der Waals surface area (Å²) in [6.45, 7) is -0.253. The molecule has 2 aliphatic rings. The minimum Gasteiger partial charge on any atom is -0.462 e. The number of carbonyl (C=O) groups excluding carboxylic acids is 1. The Bertz CT molecular complexity index is 1810. The second-order valence-corrected chi connectivity index (χ2v) is 11.4. The highest BCUT2D eigenvalue weighted by Gasteiger charge is 2.45. The molecule has 42 heavy (non-hydrogen) atoms. The molecule has 4 N–H and O–H groups in total. The van der Waals surface area contributed by atoms with Gasteiger partial charge >= 0.3 is 5.97 Å². The van der Waals surface area contributed by atoms with E-state index in [1.807, 2.05) is 18.5 Å². The lowest BCUT2D eigenvalue weighted by molar-refractivity contribution is -0.146. The molecule has 2 fully saturated rings. The van der Waals surface area contributed by atoms with E-state index in [0.717, 1.165) is 11.1 Å². The van der Waals surface area contributed by atoms with Gasteiger partial charge in [0.25, 0.3) is 0 Å². The molecular formula is C27H27BN8O5S. The fourth-order valence-corrected chi connectivity index (χ4v) is 6.25. The number of esters is 1. The minimum absolute atomic E-state index is 0.0343. The molecule has 0 spiro atoms. The number of fused-ring (bicyclic) bond motifs is 2. The van der Waals surface area contributed by atoms with Gasteiger partial charge < -0.3 is 25.4 Å². The molecule has 2 aromatic carbocycles. The first kappa shape index (κ1) is 26.8. The van der Waals surface area contributed by atoms with Gasteiger partial charge in [-0.1, -0.05) is 42.1 Å². The van der Waals surface area contributed by atoms with E-state index in [1.165, 1.54) is 52.8 Å². The Balaban J connectivity index is 1.02. The van der Waals surface area contributed by atoms with Crippen molar-refractivity contribution in [1.29, 1.82) is 0 Å². The standard InChI is InChI=1S/C27H27BN8O5S/c28-26-33-34-27(36(26)17-8-7-14(13-5-6-13)15-3-1-2-4-16(15)17)42-10-19(37)40-9-18-21(38)22(39)25(41-18)35-12-32-20-23(29)30-11-31-24(20)35/h1-4,7-8,11-13,18,21-22,25,38-39H,5-6,9-10,28H2,(H2,29,30,31)/t18-,21?,22?,25-/m1/s1. The average Bonchev–Trinajstić information content (AvgIpc) is 3.55. The molecule has 1 aliphatic heterocycles. The van der Waals surface area contributed by atoms with Crippen LogP contribution >= 0.6 is 11.8 Å². The van der Waals surface area contributed by atoms with Crippen molar-refractivity contribution in [2.75, 3.05) is 18.1 Å². The molecule has 0 amide bonds. The normalized spacial score (nSPS) is 22.2. The molecule has 3 aromatic heterocycles. The Kier molecular flexibility index (Phi) is 6.81. The molecular weight excluding hydrogens is 559 g/mol. The summed E-state index contributed by atoms with van der Waals surface area (Å²) in [5.74, 6) is 0.237. The highest BCUT2D eigenvalue weighted by atomic mass is 32.2. The number of benzene rings is 2. The number of nitrogens with zero attached hydrogens (tertiary/aromatic N) is 7. The van der Waals surface area contributed by atoms with Gasteiger partial charge in [-0.3, -0.25) is 13.9 Å². The molecule has 7 rings (SSSR count). The highest BCUT2D eigenvalue weighted by molar-refractivity contribution is 7.99. The van der Waals surface area contributed by atoms with Gasteiger partial charge in [0.05, 0.1) is 23.5 Å². The Morgan fingerprint density at radius 2 is 1.90 bits per heavy atom. The highest BCUT2D eigenvalue weighted by Crippen LogP contribution is 2.44. The molecule has 214 valence electrons. The first-order valence-corrected chi connectivity index (χ1v) is 14.6. The topological polar surface area (TPSA) is 176 Å². The maximum absolute atomic E-state index is 12.7. The number of nitrogens with two attached hydrogens (primary N) is 1. The zero-order chi connectivity index (χ0) is 29.0. The number of aromatic nitrogens is 7. The van der Waals surface area contributed by atoms with Crippen LogP contribution in [0.5, 0.6) is 0 Å². The van der Waals surface area contributed by atoms with Crippen molar-refractivity contribution in [1.82, 2.24) is 34.3 Å². The van der Waals surface area contributed by atoms with Crippen molar-refractivity contribution in [3.63, 3.8) is 0 Å². The van der Waals surface area contributed by atoms with Gasteiger partial charge in [-0.2, -0.15) is 0 Å². The summed E-state index contributed by atoms with van der Waals surface area (Å²) in [5.41, 5.74) is 9.57. The number of nitrogen functional groups attached to an aromatic ring is 1. The van der Waals surface area contributed by atoms with Crippen molar-refractivity contribution < 1.29 is 24.5 Å². The molecule has 1 saturated carbocycles. The van der Waals surface area contributed by atoms with Gasteiger partial charge in [0.2, 0.25) is 0 Å². The summed E-state index contributed by atoms with van der Waals surface area (Å²) in [6, 6.07) is 12.6. The fraction of sp³-hybridized carbons (Fsp3) is 0.333. The van der Waals surface area contributed by atoms with Crippen molar-refractivity contribution in [3.8, 4) is 5.69 Å². The Morgan fingerprint density at radius 3 is 2.71 bits per heavy atom. The van der Waals surface area contributed by atoms with Crippen molar-refractivity contribution in [2.24, 2.45) is 0 Å². The van der Waals surface area contributed by atoms with E-state index in [9.17, 15) is 15.0 Å². The SMILES string of the molecule is Bc1nnc(SCC(=O)OC[C@H]2O[C@@H](n3cnc4c(N)ncnc43)C(O)C2O)n1-c1ccc(C2CC2)c2ccccc12. The number of aliphatic hydroxyl groups excluding tert-OH is 2. The Morgan fingerprint density at radius 1 is 1.10 bits per heavy atom. The van der Waals surface area contributed by atoms with Crippen LogP contribution in [0.3, 0.4) is 0 Å². The van der Waals surface area contributed by atoms with Crippen molar-refractivity contribution >= 4 is 59.1 Å². The van der Waals surface area contributed by atoms with Gasteiger partial charge in [0, 0.05) is 5.39 Å². The molecule has 1 aliphatic carbocycles. The van der Waals surface area contributed by atoms with Crippen molar-refractivity contribution in [2.45, 2.75) is 48.5 Å². The van der Waals surface area contributed by atoms with Crippen LogP contribution in [0.4, 0.5) is 5.82 Å². The van der Waals surface area contributed by atoms with Crippen LogP contribution in [-0.2, 0) is 14.3 Å². The number of hydrogen-bond donors (Lipinski definition) is 3. The van der Waals surface area contributed by atoms with Gasteiger partial charge in [-0.05, 0) is 35.8 Å². The van der Waals surface area contributed by atoms with Gasteiger partial charge in [0.15, 0.2) is 30.7 Å². The maximum Gasteiger partial charge on any atom is 0.316 e. The zero-order valence-electron chi connectivity index (χ0n) is 22.6. The summed E-state index contributed by atoms with van der Waals surface area (Å²) in [4.78, 5) is 25.0. The Hall–Kier alpha value is -4.05. The summed E-state index contributed by atoms with van der Waals surface area (Å²) < 4.78 is 14.7. The molecule has 4 atom stereocenters. The van der Waals surface area contributed by atoms with Gasteiger partial charge in [-0.25, -0.2) is 15.0 Å². The molecule has 5 aromatic rings. The number of carbonyl (C=O) groups is 1. The molecule has 1 saturated heterocycles. The number of ether oxygens (including phenoxy) is 2. The number of thioether (sulfide) groups is 1. The predicted octanol–water partition coefficient (Wildman–Crippen LogP) is 0.233. The van der Waals surface area contributed by atoms with Crippen LogP contribution < -0.4 is 11.5 Å². The van der Waals surface area contributed by atoms with E-state index < -0.39 is 30.5 Å². The molecule has 15 heteroatoms. The fourth-order valence-electron chi connectivity index (χ4n) is 5.46. The monoisotopic (exact) mass is 586 g/mol. The molecule has 0 bridgehead atoms. The summed E-state index contributed by atoms with van der Waals surface area (Å²) >= 11 is 1.21. The number of anilines is 1. The lowest BCUT2D eigenvalue weighted by Gasteiger charge is -2.16. The first-order valence-electron chi connectivity index (χ1n) is 13.6. The van der Waals surface area contributed by atoms with Crippen LogP contribution in [0.15, 0.2) is 54.2 Å². The number of rotatable bonds is 8. The minimum atomic E-state index is -1.31. The van der Waals surface area contributed by atoms with E-state index in [-0.39, 0.29) is 18.2 Å². The van der Waals surface area contributed by atoms with Crippen LogP contribution in [0.1, 0.15) is 30.6 Å². The third-order valence-corrected chi connectivity index (χ3v) is 8.62. The van der Waals surface area contributed by atoms with Crippen LogP contribution in [0.25, 0.3) is 27.6 Å². The van der Waals surface area contributed by atoms with E-state index in [2.05, 4.69) is 55.5 Å². The lowest BCUT2D eigenvalue weighted by Crippen LogP contribution is -2.34. The molecule has 0 radical (unpaired) electrons. The lowest BCUT2D eigenvalue weighted by atomic mass is 9.99. The second-order valence-electron chi connectivity index (χ2n) is 10.5. The maximum atomic E-state index is 12.7. The number of aliphatic hydroxyl groups is 2. The van der Waals surface area contributed by atoms with E-state index in [1.54, 1.807) is 0 Å². The van der Waals surface area contributed by atoms with E-state index in [0.29, 0.717) is 28.0 Å². The average molecular weight is 586 g/mol. The summed E-state index contributed by atoms with van der Waals surface area (Å²) in [7, 11) is 1.88. The van der Waals surface area contributed by atoms with E-state index in [4.69, 9.17) is 15.2 Å². The molecule has 4 heterocycles. The third-order valence-electron chi connectivity index (χ3n) is 7.71. The largest absolute Gasteiger partial charge is 0.462 e. The third kappa shape index (κ3) is 4.67. The van der Waals surface area contributed by atoms with Crippen LogP contribution in [0, 0.1) is 0 Å². The molecule has 2 unspecified atom stereocenters. The van der Waals surface area contributed by atoms with Gasteiger partial charge in [-0.15, -0.1) is 10.2 Å². The Labute approximate surface area is 244 Å². The summed E-state index contributed by atoms with van der Waals surface area (Å²) in [5, 5.41) is 32.7. The van der Waals surface area contributed by atoms with Crippen LogP contribution in [-0.4, -0.2) is 89.0 Å². The number of imidazole rings is 1. The summed E-state index contributed by atoms with van der Waals surface area (Å²) in [6.07, 6.45) is 0.541. The van der Waals surface area contributed by atoms with Gasteiger partial charge in [0.1, 0.15) is 36.8 Å². The van der Waals surface area contributed by atoms with Crippen molar-refractivity contribution in [3.05, 3.63) is 54.6 Å². The molecule has 13 nitrogen and oxygen atoms in total. The quantitative estimate of drug-likeness (QED) is 0.128. The zero-order valence-corrected chi connectivity index (χ0v) is 23.4. The number of hydrogen-bond acceptors (Lipinski definition) is 12. The van der Waals surface area contributed by atoms with E-state index >= 15 is 0 Å². The smallest absolute Gasteiger partial charge is 0.316 e.